The highest BCUT2D eigenvalue weighted by atomic mass is 32.2. The van der Waals surface area contributed by atoms with E-state index in [0.717, 1.165) is 5.56 Å². The second-order valence-corrected chi connectivity index (χ2v) is 9.15. The van der Waals surface area contributed by atoms with Crippen molar-refractivity contribution in [2.75, 3.05) is 11.1 Å². The van der Waals surface area contributed by atoms with Crippen LogP contribution in [0.4, 0.5) is 5.82 Å². The first kappa shape index (κ1) is 21.9. The maximum absolute atomic E-state index is 13.4. The average Bonchev–Trinajstić information content (AvgIpc) is 3.46. The summed E-state index contributed by atoms with van der Waals surface area (Å²) < 4.78 is 5.13. The molecule has 0 bridgehead atoms. The summed E-state index contributed by atoms with van der Waals surface area (Å²) in [6.45, 7) is 5.99. The molecule has 0 saturated heterocycles. The van der Waals surface area contributed by atoms with Crippen LogP contribution in [-0.4, -0.2) is 40.6 Å². The standard InChI is InChI=1S/C24H23N7O2S/c1-15(2)31-20(12-13-25-31)26-21(32)14-34-24-28-27-23-29(17-10-8-16(3)9-11-17)22(33)18-6-4-5-7-19(18)30(23)24/h4-13,15H,14H2,1-3H3,(H,26,32). The molecule has 5 aromatic rings. The van der Waals surface area contributed by atoms with E-state index in [0.29, 0.717) is 33.3 Å². The molecule has 3 aromatic heterocycles. The average molecular weight is 474 g/mol. The van der Waals surface area contributed by atoms with Crippen LogP contribution >= 0.6 is 11.8 Å². The molecule has 0 unspecified atom stereocenters. The maximum atomic E-state index is 13.4. The van der Waals surface area contributed by atoms with Gasteiger partial charge in [0.1, 0.15) is 5.82 Å². The zero-order valence-electron chi connectivity index (χ0n) is 19.0. The molecule has 10 heteroatoms. The zero-order chi connectivity index (χ0) is 23.8. The van der Waals surface area contributed by atoms with Gasteiger partial charge in [0, 0.05) is 12.1 Å². The summed E-state index contributed by atoms with van der Waals surface area (Å²) in [6.07, 6.45) is 1.66. The third kappa shape index (κ3) is 3.86. The number of fused-ring (bicyclic) bond motifs is 3. The summed E-state index contributed by atoms with van der Waals surface area (Å²) in [5.41, 5.74) is 2.32. The number of amides is 1. The molecule has 0 fully saturated rings. The van der Waals surface area contributed by atoms with Crippen LogP contribution in [-0.2, 0) is 4.79 Å². The van der Waals surface area contributed by atoms with Gasteiger partial charge >= 0.3 is 0 Å². The van der Waals surface area contributed by atoms with Gasteiger partial charge in [-0.15, -0.1) is 10.2 Å². The van der Waals surface area contributed by atoms with Gasteiger partial charge in [-0.1, -0.05) is 41.6 Å². The number of hydrogen-bond donors (Lipinski definition) is 1. The number of nitrogens with zero attached hydrogens (tertiary/aromatic N) is 6. The first-order valence-corrected chi connectivity index (χ1v) is 11.8. The smallest absolute Gasteiger partial charge is 0.267 e. The molecule has 1 N–H and O–H groups in total. The van der Waals surface area contributed by atoms with Gasteiger partial charge in [-0.2, -0.15) is 5.10 Å². The van der Waals surface area contributed by atoms with Crippen LogP contribution in [0.3, 0.4) is 0 Å². The third-order valence-corrected chi connectivity index (χ3v) is 6.38. The molecule has 3 heterocycles. The van der Waals surface area contributed by atoms with Crippen LogP contribution in [0.2, 0.25) is 0 Å². The van der Waals surface area contributed by atoms with Crippen molar-refractivity contribution in [2.24, 2.45) is 0 Å². The van der Waals surface area contributed by atoms with Crippen molar-refractivity contribution in [2.45, 2.75) is 32.0 Å². The van der Waals surface area contributed by atoms with Gasteiger partial charge in [-0.25, -0.2) is 9.25 Å². The lowest BCUT2D eigenvalue weighted by atomic mass is 10.2. The summed E-state index contributed by atoms with van der Waals surface area (Å²) in [5.74, 6) is 0.987. The van der Waals surface area contributed by atoms with Gasteiger partial charge in [0.15, 0.2) is 5.16 Å². The monoisotopic (exact) mass is 473 g/mol. The van der Waals surface area contributed by atoms with Crippen LogP contribution in [0.1, 0.15) is 25.5 Å². The van der Waals surface area contributed by atoms with Gasteiger partial charge in [0.2, 0.25) is 11.7 Å². The Hall–Kier alpha value is -3.92. The summed E-state index contributed by atoms with van der Waals surface area (Å²) in [5, 5.41) is 16.9. The van der Waals surface area contributed by atoms with Crippen LogP contribution in [0, 0.1) is 6.92 Å². The Morgan fingerprint density at radius 1 is 1.06 bits per heavy atom. The van der Waals surface area contributed by atoms with Gasteiger partial charge in [-0.3, -0.25) is 14.0 Å². The molecule has 0 spiro atoms. The largest absolute Gasteiger partial charge is 0.310 e. The second kappa shape index (κ2) is 8.79. The van der Waals surface area contributed by atoms with Crippen LogP contribution in [0.15, 0.2) is 70.7 Å². The first-order valence-electron chi connectivity index (χ1n) is 10.9. The molecule has 0 aliphatic carbocycles. The molecule has 2 aromatic carbocycles. The normalized spacial score (nSPS) is 11.5. The van der Waals surface area contributed by atoms with E-state index < -0.39 is 0 Å². The molecule has 0 aliphatic rings. The van der Waals surface area contributed by atoms with E-state index >= 15 is 0 Å². The Bertz CT molecular complexity index is 1560. The maximum Gasteiger partial charge on any atom is 0.267 e. The second-order valence-electron chi connectivity index (χ2n) is 8.20. The highest BCUT2D eigenvalue weighted by molar-refractivity contribution is 7.99. The number of benzene rings is 2. The number of hydrogen-bond acceptors (Lipinski definition) is 6. The molecule has 9 nitrogen and oxygen atoms in total. The van der Waals surface area contributed by atoms with E-state index in [-0.39, 0.29) is 23.3 Å². The number of carbonyl (C=O) groups excluding carboxylic acids is 1. The van der Waals surface area contributed by atoms with Crippen molar-refractivity contribution in [3.05, 3.63) is 76.7 Å². The van der Waals surface area contributed by atoms with Crippen molar-refractivity contribution >= 4 is 40.2 Å². The van der Waals surface area contributed by atoms with Crippen molar-refractivity contribution < 1.29 is 4.79 Å². The predicted molar refractivity (Wildman–Crippen MR) is 133 cm³/mol. The van der Waals surface area contributed by atoms with Gasteiger partial charge in [0.05, 0.1) is 28.5 Å². The zero-order valence-corrected chi connectivity index (χ0v) is 19.8. The van der Waals surface area contributed by atoms with Crippen molar-refractivity contribution in [1.29, 1.82) is 0 Å². The SMILES string of the molecule is Cc1ccc(-n2c(=O)c3ccccc3n3c(SCC(=O)Nc4ccnn4C(C)C)nnc23)cc1. The molecule has 0 radical (unpaired) electrons. The Kier molecular flexibility index (Phi) is 5.66. The molecular formula is C24H23N7O2S. The molecule has 172 valence electrons. The van der Waals surface area contributed by atoms with Crippen LogP contribution < -0.4 is 10.9 Å². The Morgan fingerprint density at radius 2 is 1.82 bits per heavy atom. The van der Waals surface area contributed by atoms with Gasteiger partial charge < -0.3 is 5.32 Å². The number of nitrogens with one attached hydrogen (secondary N) is 1. The van der Waals surface area contributed by atoms with Crippen LogP contribution in [0.25, 0.3) is 22.4 Å². The molecule has 0 aliphatic heterocycles. The highest BCUT2D eigenvalue weighted by Gasteiger charge is 2.19. The Balaban J connectivity index is 1.53. The van der Waals surface area contributed by atoms with E-state index in [2.05, 4.69) is 20.6 Å². The summed E-state index contributed by atoms with van der Waals surface area (Å²) in [4.78, 5) is 26.0. The lowest BCUT2D eigenvalue weighted by molar-refractivity contribution is -0.113. The number of rotatable bonds is 6. The molecule has 34 heavy (non-hydrogen) atoms. The van der Waals surface area contributed by atoms with Gasteiger partial charge in [-0.05, 0) is 45.0 Å². The fourth-order valence-corrected chi connectivity index (χ4v) is 4.57. The summed E-state index contributed by atoms with van der Waals surface area (Å²) in [6, 6.07) is 16.9. The number of aryl methyl sites for hydroxylation is 1. The quantitative estimate of drug-likeness (QED) is 0.376. The predicted octanol–water partition coefficient (Wildman–Crippen LogP) is 3.85. The Morgan fingerprint density at radius 3 is 2.59 bits per heavy atom. The van der Waals surface area contributed by atoms with E-state index in [1.165, 1.54) is 11.8 Å². The minimum absolute atomic E-state index is 0.127. The molecule has 5 rings (SSSR count). The fraction of sp³-hybridized carbons (Fsp3) is 0.208. The number of aromatic nitrogens is 6. The summed E-state index contributed by atoms with van der Waals surface area (Å²) >= 11 is 1.26. The number of thioether (sulfide) groups is 1. The molecule has 0 atom stereocenters. The first-order chi connectivity index (χ1) is 16.4. The van der Waals surface area contributed by atoms with Crippen molar-refractivity contribution in [3.63, 3.8) is 0 Å². The van der Waals surface area contributed by atoms with Gasteiger partial charge in [0.25, 0.3) is 5.56 Å². The van der Waals surface area contributed by atoms with E-state index in [4.69, 9.17) is 0 Å². The lowest BCUT2D eigenvalue weighted by Gasteiger charge is -2.12. The van der Waals surface area contributed by atoms with Crippen molar-refractivity contribution in [1.82, 2.24) is 28.9 Å². The number of para-hydroxylation sites is 1. The molecule has 1 amide bonds. The third-order valence-electron chi connectivity index (χ3n) is 5.45. The summed E-state index contributed by atoms with van der Waals surface area (Å²) in [7, 11) is 0. The van der Waals surface area contributed by atoms with Crippen molar-refractivity contribution in [3.8, 4) is 5.69 Å². The molecular weight excluding hydrogens is 450 g/mol. The van der Waals surface area contributed by atoms with E-state index in [9.17, 15) is 9.59 Å². The minimum Gasteiger partial charge on any atom is -0.310 e. The lowest BCUT2D eigenvalue weighted by Crippen LogP contribution is -2.22. The number of anilines is 1. The molecule has 0 saturated carbocycles. The highest BCUT2D eigenvalue weighted by Crippen LogP contribution is 2.24. The minimum atomic E-state index is -0.180. The Labute approximate surface area is 199 Å². The van der Waals surface area contributed by atoms with E-state index in [1.54, 1.807) is 27.6 Å². The number of carbonyl (C=O) groups is 1. The fourth-order valence-electron chi connectivity index (χ4n) is 3.83. The van der Waals surface area contributed by atoms with E-state index in [1.807, 2.05) is 67.6 Å². The van der Waals surface area contributed by atoms with Crippen LogP contribution in [0.5, 0.6) is 0 Å². The topological polar surface area (TPSA) is 99.1 Å².